The lowest BCUT2D eigenvalue weighted by Gasteiger charge is -2.15. The second-order valence-corrected chi connectivity index (χ2v) is 6.59. The molecule has 0 aliphatic rings. The molecule has 1 aromatic heterocycles. The van der Waals surface area contributed by atoms with Gasteiger partial charge in [-0.05, 0) is 18.9 Å². The average Bonchev–Trinajstić information content (AvgIpc) is 3.15. The van der Waals surface area contributed by atoms with Crippen LogP contribution >= 0.6 is 0 Å². The third-order valence-electron chi connectivity index (χ3n) is 4.66. The molecule has 0 atom stereocenters. The van der Waals surface area contributed by atoms with Gasteiger partial charge in [0, 0.05) is 23.4 Å². The summed E-state index contributed by atoms with van der Waals surface area (Å²) in [7, 11) is 0. The van der Waals surface area contributed by atoms with Gasteiger partial charge in [0.05, 0.1) is 30.9 Å². The number of nitrogens with one attached hydrogen (secondary N) is 1. The van der Waals surface area contributed by atoms with Crippen molar-refractivity contribution in [3.63, 3.8) is 0 Å². The molecule has 3 rings (SSSR count). The van der Waals surface area contributed by atoms with Crippen molar-refractivity contribution < 1.29 is 14.6 Å². The van der Waals surface area contributed by atoms with E-state index in [1.807, 2.05) is 24.5 Å². The third-order valence-corrected chi connectivity index (χ3v) is 4.66. The third kappa shape index (κ3) is 4.94. The van der Waals surface area contributed by atoms with Gasteiger partial charge in [0.25, 0.3) is 0 Å². The monoisotopic (exact) mass is 394 g/mol. The second-order valence-electron chi connectivity index (χ2n) is 6.59. The molecule has 2 amide bonds. The first-order valence-electron chi connectivity index (χ1n) is 9.65. The van der Waals surface area contributed by atoms with Crippen molar-refractivity contribution in [1.82, 2.24) is 9.55 Å². The fourth-order valence-electron chi connectivity index (χ4n) is 3.32. The maximum atomic E-state index is 11.3. The van der Waals surface area contributed by atoms with E-state index in [0.717, 1.165) is 30.6 Å². The van der Waals surface area contributed by atoms with Crippen molar-refractivity contribution in [2.75, 3.05) is 11.9 Å². The topological polar surface area (TPSA) is 102 Å². The molecule has 0 unspecified atom stereocenters. The first kappa shape index (κ1) is 20.4. The smallest absolute Gasteiger partial charge is 0.316 e. The summed E-state index contributed by atoms with van der Waals surface area (Å²) in [6, 6.07) is 14.7. The highest BCUT2D eigenvalue weighted by Crippen LogP contribution is 2.29. The molecular formula is C22H26N4O3. The number of imidazole rings is 1. The van der Waals surface area contributed by atoms with E-state index in [4.69, 9.17) is 10.5 Å². The highest BCUT2D eigenvalue weighted by atomic mass is 16.5. The maximum absolute atomic E-state index is 11.3. The Balaban J connectivity index is 1.65. The molecule has 1 heterocycles. The molecule has 3 aromatic rings. The molecule has 29 heavy (non-hydrogen) atoms. The van der Waals surface area contributed by atoms with E-state index in [2.05, 4.69) is 33.9 Å². The van der Waals surface area contributed by atoms with Crippen LogP contribution in [-0.2, 0) is 19.6 Å². The van der Waals surface area contributed by atoms with Crippen molar-refractivity contribution in [2.24, 2.45) is 5.73 Å². The number of benzene rings is 2. The van der Waals surface area contributed by atoms with Crippen molar-refractivity contribution in [2.45, 2.75) is 32.9 Å². The fourth-order valence-corrected chi connectivity index (χ4v) is 3.32. The number of aliphatic hydroxyl groups excluding tert-OH is 1. The molecule has 2 aromatic carbocycles. The number of carbonyl (C=O) groups is 1. The Morgan fingerprint density at radius 1 is 1.21 bits per heavy atom. The molecule has 0 fully saturated rings. The number of nitrogens with two attached hydrogens (primary N) is 1. The molecular weight excluding hydrogens is 368 g/mol. The Bertz CT molecular complexity index is 954. The molecule has 4 N–H and O–H groups in total. The van der Waals surface area contributed by atoms with E-state index in [1.165, 1.54) is 5.69 Å². The highest BCUT2D eigenvalue weighted by molar-refractivity contribution is 5.90. The molecule has 152 valence electrons. The Hall–Kier alpha value is -3.32. The normalized spacial score (nSPS) is 10.7. The summed E-state index contributed by atoms with van der Waals surface area (Å²) in [4.78, 5) is 15.9. The molecule has 0 bridgehead atoms. The minimum atomic E-state index is -0.699. The molecule has 0 saturated carbocycles. The van der Waals surface area contributed by atoms with Gasteiger partial charge in [-0.1, -0.05) is 49.4 Å². The number of aliphatic hydroxyl groups is 1. The SMILES string of the molecule is CCc1c(-c2ccccc2)ncn1CCCOc1cccc(CO)c1NC(N)=O. The first-order valence-corrected chi connectivity index (χ1v) is 9.65. The van der Waals surface area contributed by atoms with Gasteiger partial charge in [-0.25, -0.2) is 9.78 Å². The highest BCUT2D eigenvalue weighted by Gasteiger charge is 2.13. The van der Waals surface area contributed by atoms with Gasteiger partial charge < -0.3 is 25.5 Å². The lowest BCUT2D eigenvalue weighted by Crippen LogP contribution is -2.21. The standard InChI is InChI=1S/C22H26N4O3/c1-2-18-20(16-8-4-3-5-9-16)24-15-26(18)12-7-13-29-19-11-6-10-17(14-27)21(19)25-22(23)28/h3-6,8-11,15,27H,2,7,12-14H2,1H3,(H3,23,25,28). The van der Waals surface area contributed by atoms with Crippen LogP contribution in [0.2, 0.25) is 0 Å². The van der Waals surface area contributed by atoms with Crippen LogP contribution in [0.15, 0.2) is 54.9 Å². The van der Waals surface area contributed by atoms with Crippen LogP contribution in [0, 0.1) is 0 Å². The van der Waals surface area contributed by atoms with E-state index in [9.17, 15) is 9.90 Å². The number of hydrogen-bond acceptors (Lipinski definition) is 4. The number of amides is 2. The summed E-state index contributed by atoms with van der Waals surface area (Å²) in [6.07, 6.45) is 3.51. The van der Waals surface area contributed by atoms with Gasteiger partial charge in [-0.15, -0.1) is 0 Å². The Morgan fingerprint density at radius 3 is 2.69 bits per heavy atom. The summed E-state index contributed by atoms with van der Waals surface area (Å²) in [5.74, 6) is 0.488. The van der Waals surface area contributed by atoms with E-state index in [1.54, 1.807) is 18.2 Å². The summed E-state index contributed by atoms with van der Waals surface area (Å²) >= 11 is 0. The number of aromatic nitrogens is 2. The van der Waals surface area contributed by atoms with Crippen LogP contribution in [0.3, 0.4) is 0 Å². The van der Waals surface area contributed by atoms with Gasteiger partial charge in [-0.3, -0.25) is 0 Å². The number of nitrogens with zero attached hydrogens (tertiary/aromatic N) is 2. The zero-order valence-electron chi connectivity index (χ0n) is 16.5. The number of urea groups is 1. The Labute approximate surface area is 170 Å². The zero-order valence-corrected chi connectivity index (χ0v) is 16.5. The number of anilines is 1. The van der Waals surface area contributed by atoms with Gasteiger partial charge in [0.1, 0.15) is 5.75 Å². The number of hydrogen-bond donors (Lipinski definition) is 3. The quantitative estimate of drug-likeness (QED) is 0.483. The number of carbonyl (C=O) groups excluding carboxylic acids is 1. The summed E-state index contributed by atoms with van der Waals surface area (Å²) < 4.78 is 8.00. The van der Waals surface area contributed by atoms with Gasteiger partial charge in [0.2, 0.25) is 0 Å². The van der Waals surface area contributed by atoms with Crippen molar-refractivity contribution in [1.29, 1.82) is 0 Å². The lowest BCUT2D eigenvalue weighted by atomic mass is 10.1. The average molecular weight is 394 g/mol. The first-order chi connectivity index (χ1) is 14.1. The predicted octanol–water partition coefficient (Wildman–Crippen LogP) is 3.56. The number of aryl methyl sites for hydroxylation is 1. The minimum Gasteiger partial charge on any atom is -0.491 e. The maximum Gasteiger partial charge on any atom is 0.316 e. The molecule has 7 nitrogen and oxygen atoms in total. The molecule has 0 radical (unpaired) electrons. The van der Waals surface area contributed by atoms with Crippen LogP contribution in [0.5, 0.6) is 5.75 Å². The second kappa shape index (κ2) is 9.75. The van der Waals surface area contributed by atoms with Gasteiger partial charge >= 0.3 is 6.03 Å². The Morgan fingerprint density at radius 2 is 2.00 bits per heavy atom. The van der Waals surface area contributed by atoms with E-state index < -0.39 is 6.03 Å². The lowest BCUT2D eigenvalue weighted by molar-refractivity contribution is 0.258. The van der Waals surface area contributed by atoms with Crippen LogP contribution in [0.4, 0.5) is 10.5 Å². The van der Waals surface area contributed by atoms with Crippen molar-refractivity contribution in [3.05, 3.63) is 66.1 Å². The van der Waals surface area contributed by atoms with Crippen LogP contribution in [0.25, 0.3) is 11.3 Å². The Kier molecular flexibility index (Phi) is 6.86. The minimum absolute atomic E-state index is 0.218. The van der Waals surface area contributed by atoms with E-state index in [-0.39, 0.29) is 6.61 Å². The number of rotatable bonds is 9. The molecule has 7 heteroatoms. The predicted molar refractivity (Wildman–Crippen MR) is 113 cm³/mol. The number of para-hydroxylation sites is 1. The largest absolute Gasteiger partial charge is 0.491 e. The number of ether oxygens (including phenoxy) is 1. The summed E-state index contributed by atoms with van der Waals surface area (Å²) in [6.45, 7) is 3.12. The van der Waals surface area contributed by atoms with Crippen LogP contribution in [0.1, 0.15) is 24.6 Å². The summed E-state index contributed by atoms with van der Waals surface area (Å²) in [5.41, 5.74) is 9.51. The van der Waals surface area contributed by atoms with E-state index >= 15 is 0 Å². The molecule has 0 spiro atoms. The fraction of sp³-hybridized carbons (Fsp3) is 0.273. The van der Waals surface area contributed by atoms with Crippen molar-refractivity contribution >= 4 is 11.7 Å². The number of primary amides is 1. The summed E-state index contributed by atoms with van der Waals surface area (Å²) in [5, 5.41) is 12.0. The zero-order chi connectivity index (χ0) is 20.6. The van der Waals surface area contributed by atoms with Crippen LogP contribution in [-0.4, -0.2) is 27.3 Å². The van der Waals surface area contributed by atoms with Crippen molar-refractivity contribution in [3.8, 4) is 17.0 Å². The molecule has 0 aliphatic carbocycles. The molecule has 0 saturated heterocycles. The van der Waals surface area contributed by atoms with E-state index in [0.29, 0.717) is 23.6 Å². The van der Waals surface area contributed by atoms with Gasteiger partial charge in [-0.2, -0.15) is 0 Å². The van der Waals surface area contributed by atoms with Crippen LogP contribution < -0.4 is 15.8 Å². The molecule has 0 aliphatic heterocycles. The van der Waals surface area contributed by atoms with Gasteiger partial charge in [0.15, 0.2) is 0 Å².